The Balaban J connectivity index is 1.96. The standard InChI is InChI=1S/C15H23ClN2O2/c1-10(2)15(4)5-7-18(8-6-15)13(19)9-12-11(3)17-20-14(12)16/h10H,5-9H2,1-4H3. The van der Waals surface area contributed by atoms with Crippen LogP contribution in [-0.4, -0.2) is 29.1 Å². The molecular weight excluding hydrogens is 276 g/mol. The highest BCUT2D eigenvalue weighted by Crippen LogP contribution is 2.38. The van der Waals surface area contributed by atoms with Crippen LogP contribution in [-0.2, 0) is 11.2 Å². The van der Waals surface area contributed by atoms with Crippen LogP contribution in [0.2, 0.25) is 5.22 Å². The predicted octanol–water partition coefficient (Wildman–Crippen LogP) is 3.46. The number of halogens is 1. The van der Waals surface area contributed by atoms with E-state index in [9.17, 15) is 4.79 Å². The van der Waals surface area contributed by atoms with Gasteiger partial charge < -0.3 is 9.42 Å². The fourth-order valence-corrected chi connectivity index (χ4v) is 2.90. The largest absolute Gasteiger partial charge is 0.344 e. The van der Waals surface area contributed by atoms with Crippen molar-refractivity contribution in [2.75, 3.05) is 13.1 Å². The Hall–Kier alpha value is -1.03. The Labute approximate surface area is 125 Å². The first kappa shape index (κ1) is 15.4. The van der Waals surface area contributed by atoms with E-state index in [4.69, 9.17) is 16.1 Å². The Morgan fingerprint density at radius 2 is 2.05 bits per heavy atom. The maximum absolute atomic E-state index is 12.3. The number of piperidine rings is 1. The van der Waals surface area contributed by atoms with Crippen molar-refractivity contribution in [3.8, 4) is 0 Å². The van der Waals surface area contributed by atoms with Crippen LogP contribution in [0, 0.1) is 18.3 Å². The summed E-state index contributed by atoms with van der Waals surface area (Å²) in [5, 5.41) is 4.02. The minimum atomic E-state index is 0.115. The first-order valence-electron chi connectivity index (χ1n) is 7.22. The van der Waals surface area contributed by atoms with Crippen LogP contribution >= 0.6 is 11.6 Å². The lowest BCUT2D eigenvalue weighted by Gasteiger charge is -2.42. The van der Waals surface area contributed by atoms with Crippen LogP contribution in [0.1, 0.15) is 44.9 Å². The number of carbonyl (C=O) groups is 1. The molecule has 0 bridgehead atoms. The van der Waals surface area contributed by atoms with Gasteiger partial charge in [0.05, 0.1) is 12.1 Å². The highest BCUT2D eigenvalue weighted by molar-refractivity contribution is 6.29. The molecule has 1 aromatic rings. The molecule has 0 aromatic carbocycles. The summed E-state index contributed by atoms with van der Waals surface area (Å²) in [4.78, 5) is 14.3. The molecule has 0 aliphatic carbocycles. The Kier molecular flexibility index (Phi) is 4.43. The van der Waals surface area contributed by atoms with Crippen molar-refractivity contribution in [3.63, 3.8) is 0 Å². The van der Waals surface area contributed by atoms with Crippen LogP contribution in [0.3, 0.4) is 0 Å². The maximum atomic E-state index is 12.3. The third kappa shape index (κ3) is 3.00. The van der Waals surface area contributed by atoms with Crippen molar-refractivity contribution in [1.29, 1.82) is 0 Å². The molecule has 0 radical (unpaired) electrons. The molecule has 1 saturated heterocycles. The quantitative estimate of drug-likeness (QED) is 0.858. The van der Waals surface area contributed by atoms with Crippen molar-refractivity contribution in [3.05, 3.63) is 16.5 Å². The number of hydrogen-bond acceptors (Lipinski definition) is 3. The van der Waals surface area contributed by atoms with E-state index in [0.29, 0.717) is 22.6 Å². The van der Waals surface area contributed by atoms with E-state index in [1.165, 1.54) is 0 Å². The molecule has 1 amide bonds. The van der Waals surface area contributed by atoms with E-state index in [0.717, 1.165) is 25.9 Å². The number of hydrogen-bond donors (Lipinski definition) is 0. The van der Waals surface area contributed by atoms with E-state index in [1.54, 1.807) is 0 Å². The van der Waals surface area contributed by atoms with Gasteiger partial charge in [0, 0.05) is 18.7 Å². The normalized spacial score (nSPS) is 18.6. The van der Waals surface area contributed by atoms with Crippen molar-refractivity contribution < 1.29 is 9.32 Å². The molecule has 0 saturated carbocycles. The summed E-state index contributed by atoms with van der Waals surface area (Å²) >= 11 is 5.92. The molecule has 0 N–H and O–H groups in total. The average Bonchev–Trinajstić information content (AvgIpc) is 2.71. The zero-order valence-corrected chi connectivity index (χ0v) is 13.5. The Morgan fingerprint density at radius 1 is 1.45 bits per heavy atom. The number of rotatable bonds is 3. The molecule has 4 nitrogen and oxygen atoms in total. The number of carbonyl (C=O) groups excluding carboxylic acids is 1. The number of aromatic nitrogens is 1. The van der Waals surface area contributed by atoms with Gasteiger partial charge in [-0.1, -0.05) is 25.9 Å². The maximum Gasteiger partial charge on any atom is 0.229 e. The second-order valence-corrected chi connectivity index (χ2v) is 6.73. The summed E-state index contributed by atoms with van der Waals surface area (Å²) in [5.41, 5.74) is 1.77. The molecule has 0 spiro atoms. The number of nitrogens with zero attached hydrogens (tertiary/aromatic N) is 2. The molecule has 1 fully saturated rings. The monoisotopic (exact) mass is 298 g/mol. The summed E-state index contributed by atoms with van der Waals surface area (Å²) in [6.07, 6.45) is 2.41. The SMILES string of the molecule is Cc1noc(Cl)c1CC(=O)N1CCC(C)(C(C)C)CC1. The lowest BCUT2D eigenvalue weighted by Crippen LogP contribution is -2.44. The van der Waals surface area contributed by atoms with Crippen LogP contribution in [0.25, 0.3) is 0 Å². The topological polar surface area (TPSA) is 46.3 Å². The van der Waals surface area contributed by atoms with E-state index < -0.39 is 0 Å². The van der Waals surface area contributed by atoms with Crippen LogP contribution in [0.15, 0.2) is 4.52 Å². The average molecular weight is 299 g/mol. The van der Waals surface area contributed by atoms with Gasteiger partial charge in [-0.15, -0.1) is 0 Å². The summed E-state index contributed by atoms with van der Waals surface area (Å²) in [6, 6.07) is 0. The summed E-state index contributed by atoms with van der Waals surface area (Å²) < 4.78 is 4.89. The molecular formula is C15H23ClN2O2. The lowest BCUT2D eigenvalue weighted by molar-refractivity contribution is -0.133. The molecule has 1 aromatic heterocycles. The first-order valence-corrected chi connectivity index (χ1v) is 7.60. The fraction of sp³-hybridized carbons (Fsp3) is 0.733. The third-order valence-corrected chi connectivity index (χ3v) is 5.21. The van der Waals surface area contributed by atoms with Gasteiger partial charge in [0.1, 0.15) is 0 Å². The van der Waals surface area contributed by atoms with E-state index in [2.05, 4.69) is 25.9 Å². The molecule has 0 unspecified atom stereocenters. The highest BCUT2D eigenvalue weighted by atomic mass is 35.5. The second-order valence-electron chi connectivity index (χ2n) is 6.39. The highest BCUT2D eigenvalue weighted by Gasteiger charge is 2.34. The summed E-state index contributed by atoms with van der Waals surface area (Å²) in [7, 11) is 0. The van der Waals surface area contributed by atoms with Crippen molar-refractivity contribution in [1.82, 2.24) is 10.1 Å². The van der Waals surface area contributed by atoms with Gasteiger partial charge in [-0.3, -0.25) is 4.79 Å². The lowest BCUT2D eigenvalue weighted by atomic mass is 9.72. The van der Waals surface area contributed by atoms with Crippen LogP contribution in [0.5, 0.6) is 0 Å². The van der Waals surface area contributed by atoms with E-state index in [1.807, 2.05) is 11.8 Å². The number of likely N-dealkylation sites (tertiary alicyclic amines) is 1. The molecule has 1 aliphatic heterocycles. The predicted molar refractivity (Wildman–Crippen MR) is 78.7 cm³/mol. The van der Waals surface area contributed by atoms with Gasteiger partial charge in [0.15, 0.2) is 0 Å². The summed E-state index contributed by atoms with van der Waals surface area (Å²) in [5.74, 6) is 0.763. The van der Waals surface area contributed by atoms with Gasteiger partial charge in [-0.05, 0) is 42.7 Å². The molecule has 112 valence electrons. The van der Waals surface area contributed by atoms with E-state index >= 15 is 0 Å². The molecule has 5 heteroatoms. The molecule has 2 heterocycles. The first-order chi connectivity index (χ1) is 9.33. The van der Waals surface area contributed by atoms with Gasteiger partial charge in [0.25, 0.3) is 0 Å². The second kappa shape index (κ2) is 5.76. The van der Waals surface area contributed by atoms with Crippen molar-refractivity contribution >= 4 is 17.5 Å². The third-order valence-electron chi connectivity index (χ3n) is 4.92. The Bertz CT molecular complexity index is 469. The molecule has 0 atom stereocenters. The van der Waals surface area contributed by atoms with Gasteiger partial charge >= 0.3 is 0 Å². The van der Waals surface area contributed by atoms with Crippen LogP contribution in [0.4, 0.5) is 0 Å². The van der Waals surface area contributed by atoms with Crippen molar-refractivity contribution in [2.24, 2.45) is 11.3 Å². The minimum absolute atomic E-state index is 0.115. The van der Waals surface area contributed by atoms with E-state index in [-0.39, 0.29) is 17.5 Å². The smallest absolute Gasteiger partial charge is 0.229 e. The van der Waals surface area contributed by atoms with Gasteiger partial charge in [0.2, 0.25) is 11.1 Å². The van der Waals surface area contributed by atoms with Crippen LogP contribution < -0.4 is 0 Å². The zero-order valence-electron chi connectivity index (χ0n) is 12.7. The number of amides is 1. The minimum Gasteiger partial charge on any atom is -0.344 e. The van der Waals surface area contributed by atoms with Gasteiger partial charge in [-0.2, -0.15) is 0 Å². The van der Waals surface area contributed by atoms with Crippen molar-refractivity contribution in [2.45, 2.75) is 47.0 Å². The Morgan fingerprint density at radius 3 is 2.50 bits per heavy atom. The molecule has 1 aliphatic rings. The number of aryl methyl sites for hydroxylation is 1. The zero-order chi connectivity index (χ0) is 14.9. The molecule has 2 rings (SSSR count). The fourth-order valence-electron chi connectivity index (χ4n) is 2.67. The van der Waals surface area contributed by atoms with Gasteiger partial charge in [-0.25, -0.2) is 0 Å². The molecule has 20 heavy (non-hydrogen) atoms. The summed E-state index contributed by atoms with van der Waals surface area (Å²) in [6.45, 7) is 10.3.